The molecule has 8 nitrogen and oxygen atoms in total. The molecule has 3 rings (SSSR count). The maximum Gasteiger partial charge on any atom is 0.329 e. The molecule has 0 aliphatic carbocycles. The molecule has 1 amide bonds. The van der Waals surface area contributed by atoms with Crippen LogP contribution in [-0.4, -0.2) is 60.3 Å². The van der Waals surface area contributed by atoms with E-state index in [4.69, 9.17) is 9.47 Å². The van der Waals surface area contributed by atoms with Gasteiger partial charge < -0.3 is 24.3 Å². The van der Waals surface area contributed by atoms with Crippen molar-refractivity contribution in [3.05, 3.63) is 59.7 Å². The highest BCUT2D eigenvalue weighted by molar-refractivity contribution is 5.96. The Labute approximate surface area is 190 Å². The first-order chi connectivity index (χ1) is 15.8. The molecule has 2 aromatic carbocycles. The quantitative estimate of drug-likeness (QED) is 0.580. The summed E-state index contributed by atoms with van der Waals surface area (Å²) in [6.07, 6.45) is 0.414. The molecule has 1 heterocycles. The monoisotopic (exact) mass is 464 g/mol. The van der Waals surface area contributed by atoms with Crippen molar-refractivity contribution in [2.75, 3.05) is 26.2 Å². The number of halogens is 2. The highest BCUT2D eigenvalue weighted by Crippen LogP contribution is 2.22. The molecule has 2 N–H and O–H groups in total. The maximum absolute atomic E-state index is 13.3. The summed E-state index contributed by atoms with van der Waals surface area (Å²) in [5, 5.41) is 10.4. The third-order valence-corrected chi connectivity index (χ3v) is 5.05. The van der Waals surface area contributed by atoms with Crippen LogP contribution >= 0.6 is 0 Å². The molecule has 1 unspecified atom stereocenters. The smallest absolute Gasteiger partial charge is 0.329 e. The fourth-order valence-corrected chi connectivity index (χ4v) is 3.44. The van der Waals surface area contributed by atoms with E-state index in [2.05, 4.69) is 9.74 Å². The SMILES string of the molecule is CC(=O)ONC(=O)c1ccccc1OCC(O)CN1CCC(Oc2ccc(F)c(F)c2)CC1. The van der Waals surface area contributed by atoms with E-state index < -0.39 is 29.6 Å². The average Bonchev–Trinajstić information content (AvgIpc) is 2.80. The number of amides is 1. The Bertz CT molecular complexity index is 966. The van der Waals surface area contributed by atoms with Gasteiger partial charge in [-0.3, -0.25) is 9.59 Å². The summed E-state index contributed by atoms with van der Waals surface area (Å²) in [7, 11) is 0. The summed E-state index contributed by atoms with van der Waals surface area (Å²) < 4.78 is 37.7. The maximum atomic E-state index is 13.3. The van der Waals surface area contributed by atoms with Crippen LogP contribution in [0.4, 0.5) is 8.78 Å². The number of rotatable bonds is 8. The van der Waals surface area contributed by atoms with Crippen molar-refractivity contribution >= 4 is 11.9 Å². The van der Waals surface area contributed by atoms with Gasteiger partial charge in [0, 0.05) is 32.6 Å². The van der Waals surface area contributed by atoms with E-state index in [-0.39, 0.29) is 29.8 Å². The van der Waals surface area contributed by atoms with Crippen LogP contribution in [0.2, 0.25) is 0 Å². The number of hydrogen-bond donors (Lipinski definition) is 2. The number of ether oxygens (including phenoxy) is 2. The summed E-state index contributed by atoms with van der Waals surface area (Å²) in [4.78, 5) is 29.6. The van der Waals surface area contributed by atoms with Crippen molar-refractivity contribution < 1.29 is 37.8 Å². The van der Waals surface area contributed by atoms with Crippen molar-refractivity contribution in [3.63, 3.8) is 0 Å². The zero-order chi connectivity index (χ0) is 23.8. The first kappa shape index (κ1) is 24.4. The number of carbonyl (C=O) groups is 2. The van der Waals surface area contributed by atoms with Crippen LogP contribution in [0.5, 0.6) is 11.5 Å². The minimum atomic E-state index is -0.946. The van der Waals surface area contributed by atoms with E-state index in [1.165, 1.54) is 12.1 Å². The molecule has 33 heavy (non-hydrogen) atoms. The van der Waals surface area contributed by atoms with Crippen LogP contribution in [0.25, 0.3) is 0 Å². The van der Waals surface area contributed by atoms with Gasteiger partial charge in [0.05, 0.1) is 5.56 Å². The number of nitrogens with zero attached hydrogens (tertiary/aromatic N) is 1. The number of likely N-dealkylation sites (tertiary alicyclic amines) is 1. The third-order valence-electron chi connectivity index (χ3n) is 5.05. The Morgan fingerprint density at radius 1 is 1.15 bits per heavy atom. The van der Waals surface area contributed by atoms with Crippen LogP contribution < -0.4 is 15.0 Å². The Morgan fingerprint density at radius 3 is 2.58 bits per heavy atom. The molecule has 0 spiro atoms. The minimum absolute atomic E-state index is 0.0385. The lowest BCUT2D eigenvalue weighted by molar-refractivity contribution is -0.146. The van der Waals surface area contributed by atoms with E-state index >= 15 is 0 Å². The second-order valence-corrected chi connectivity index (χ2v) is 7.68. The standard InChI is InChI=1S/C23H26F2N2O6/c1-15(28)33-26-23(30)19-4-2-3-5-22(19)31-14-16(29)13-27-10-8-17(9-11-27)32-18-6-7-20(24)21(25)12-18/h2-7,12,16-17,29H,8-11,13-14H2,1H3,(H,26,30). The van der Waals surface area contributed by atoms with Gasteiger partial charge in [-0.25, -0.2) is 8.78 Å². The number of nitrogens with one attached hydrogen (secondary N) is 1. The summed E-state index contributed by atoms with van der Waals surface area (Å²) >= 11 is 0. The lowest BCUT2D eigenvalue weighted by atomic mass is 10.1. The first-order valence-electron chi connectivity index (χ1n) is 10.5. The molecule has 0 saturated carbocycles. The molecule has 1 aliphatic rings. The van der Waals surface area contributed by atoms with Gasteiger partial charge >= 0.3 is 5.97 Å². The van der Waals surface area contributed by atoms with Gasteiger partial charge in [0.25, 0.3) is 5.91 Å². The van der Waals surface area contributed by atoms with E-state index in [0.29, 0.717) is 32.5 Å². The number of aliphatic hydroxyl groups excluding tert-OH is 1. The average molecular weight is 464 g/mol. The van der Waals surface area contributed by atoms with Gasteiger partial charge in [-0.2, -0.15) is 5.48 Å². The molecule has 0 radical (unpaired) electrons. The zero-order valence-corrected chi connectivity index (χ0v) is 18.1. The minimum Gasteiger partial charge on any atom is -0.490 e. The lowest BCUT2D eigenvalue weighted by Crippen LogP contribution is -2.43. The van der Waals surface area contributed by atoms with Gasteiger partial charge in [0.1, 0.15) is 30.3 Å². The third kappa shape index (κ3) is 7.40. The van der Waals surface area contributed by atoms with E-state index in [0.717, 1.165) is 19.1 Å². The normalized spacial score (nSPS) is 15.5. The van der Waals surface area contributed by atoms with Crippen molar-refractivity contribution in [2.24, 2.45) is 0 Å². The number of para-hydroxylation sites is 1. The van der Waals surface area contributed by atoms with Crippen LogP contribution in [0.1, 0.15) is 30.1 Å². The van der Waals surface area contributed by atoms with Crippen molar-refractivity contribution in [1.82, 2.24) is 10.4 Å². The predicted octanol–water partition coefficient (Wildman–Crippen LogP) is 2.46. The van der Waals surface area contributed by atoms with E-state index in [1.807, 2.05) is 5.48 Å². The molecular formula is C23H26F2N2O6. The van der Waals surface area contributed by atoms with E-state index in [9.17, 15) is 23.5 Å². The molecule has 2 aromatic rings. The van der Waals surface area contributed by atoms with Crippen molar-refractivity contribution in [2.45, 2.75) is 32.0 Å². The van der Waals surface area contributed by atoms with Crippen LogP contribution in [-0.2, 0) is 9.63 Å². The highest BCUT2D eigenvalue weighted by Gasteiger charge is 2.23. The summed E-state index contributed by atoms with van der Waals surface area (Å²) in [6, 6.07) is 9.88. The number of hydrogen-bond acceptors (Lipinski definition) is 7. The topological polar surface area (TPSA) is 97.3 Å². The van der Waals surface area contributed by atoms with Crippen LogP contribution in [0, 0.1) is 11.6 Å². The molecular weight excluding hydrogens is 438 g/mol. The molecule has 1 saturated heterocycles. The van der Waals surface area contributed by atoms with Crippen molar-refractivity contribution in [3.8, 4) is 11.5 Å². The van der Waals surface area contributed by atoms with Gasteiger partial charge in [-0.05, 0) is 37.1 Å². The molecule has 0 aromatic heterocycles. The summed E-state index contributed by atoms with van der Waals surface area (Å²) in [6.45, 7) is 2.80. The molecule has 178 valence electrons. The Morgan fingerprint density at radius 2 is 1.88 bits per heavy atom. The van der Waals surface area contributed by atoms with Gasteiger partial charge in [0.2, 0.25) is 0 Å². The Kier molecular flexibility index (Phi) is 8.56. The number of hydroxylamine groups is 1. The van der Waals surface area contributed by atoms with Gasteiger partial charge in [0.15, 0.2) is 11.6 Å². The van der Waals surface area contributed by atoms with Crippen LogP contribution in [0.3, 0.4) is 0 Å². The Balaban J connectivity index is 1.43. The predicted molar refractivity (Wildman–Crippen MR) is 114 cm³/mol. The number of carbonyl (C=O) groups excluding carboxylic acids is 2. The first-order valence-corrected chi connectivity index (χ1v) is 10.5. The van der Waals surface area contributed by atoms with Gasteiger partial charge in [-0.15, -0.1) is 0 Å². The molecule has 1 aliphatic heterocycles. The second kappa shape index (κ2) is 11.6. The van der Waals surface area contributed by atoms with E-state index in [1.54, 1.807) is 18.2 Å². The Hall–Kier alpha value is -3.24. The highest BCUT2D eigenvalue weighted by atomic mass is 19.2. The largest absolute Gasteiger partial charge is 0.490 e. The fourth-order valence-electron chi connectivity index (χ4n) is 3.44. The van der Waals surface area contributed by atoms with Crippen molar-refractivity contribution in [1.29, 1.82) is 0 Å². The summed E-state index contributed by atoms with van der Waals surface area (Å²) in [5.74, 6) is -2.62. The van der Waals surface area contributed by atoms with Gasteiger partial charge in [-0.1, -0.05) is 12.1 Å². The fraction of sp³-hybridized carbons (Fsp3) is 0.391. The molecule has 0 bridgehead atoms. The number of aliphatic hydroxyl groups is 1. The molecule has 10 heteroatoms. The lowest BCUT2D eigenvalue weighted by Gasteiger charge is -2.33. The number of β-amino-alcohol motifs (C(OH)–C–C–N with tert-alkyl or cyclic N) is 1. The number of piperidine rings is 1. The van der Waals surface area contributed by atoms with Crippen LogP contribution in [0.15, 0.2) is 42.5 Å². The zero-order valence-electron chi connectivity index (χ0n) is 18.1. The number of benzene rings is 2. The second-order valence-electron chi connectivity index (χ2n) is 7.68. The molecule has 1 fully saturated rings. The molecule has 1 atom stereocenters. The summed E-state index contributed by atoms with van der Waals surface area (Å²) in [5.41, 5.74) is 2.20.